The van der Waals surface area contributed by atoms with Gasteiger partial charge in [0.05, 0.1) is 24.7 Å². The summed E-state index contributed by atoms with van der Waals surface area (Å²) in [6, 6.07) is 7.62. The van der Waals surface area contributed by atoms with E-state index in [1.165, 1.54) is 0 Å². The fourth-order valence-electron chi connectivity index (χ4n) is 4.45. The van der Waals surface area contributed by atoms with Gasteiger partial charge in [-0.15, -0.1) is 0 Å². The van der Waals surface area contributed by atoms with Gasteiger partial charge in [0.25, 0.3) is 0 Å². The number of Topliss-reactive ketones (excluding diaryl/α,β-unsaturated/α-hetero) is 1. The molecule has 0 N–H and O–H groups in total. The number of ketones is 1. The maximum atomic E-state index is 13.2. The monoisotopic (exact) mass is 413 g/mol. The van der Waals surface area contributed by atoms with Gasteiger partial charge in [0.2, 0.25) is 0 Å². The van der Waals surface area contributed by atoms with Gasteiger partial charge in [0.1, 0.15) is 18.1 Å². The molecule has 2 aliphatic rings. The third-order valence-corrected chi connectivity index (χ3v) is 5.65. The van der Waals surface area contributed by atoms with Crippen molar-refractivity contribution in [2.75, 3.05) is 26.9 Å². The number of esters is 1. The first-order chi connectivity index (χ1) is 14.3. The quantitative estimate of drug-likeness (QED) is 0.497. The van der Waals surface area contributed by atoms with Crippen LogP contribution in [0.1, 0.15) is 52.0 Å². The van der Waals surface area contributed by atoms with Gasteiger partial charge in [0, 0.05) is 30.9 Å². The van der Waals surface area contributed by atoms with Gasteiger partial charge in [-0.3, -0.25) is 9.79 Å². The summed E-state index contributed by atoms with van der Waals surface area (Å²) in [6.07, 6.45) is 1.20. The van der Waals surface area contributed by atoms with Crippen molar-refractivity contribution in [2.45, 2.75) is 46.5 Å². The highest BCUT2D eigenvalue weighted by Gasteiger charge is 2.47. The fourth-order valence-corrected chi connectivity index (χ4v) is 4.45. The molecule has 1 aromatic rings. The van der Waals surface area contributed by atoms with E-state index < -0.39 is 17.8 Å². The second kappa shape index (κ2) is 9.13. The van der Waals surface area contributed by atoms with Crippen molar-refractivity contribution in [3.05, 3.63) is 41.1 Å². The summed E-state index contributed by atoms with van der Waals surface area (Å²) in [6.45, 7) is 8.98. The molecule has 30 heavy (non-hydrogen) atoms. The minimum Gasteiger partial charge on any atom is -0.494 e. The fraction of sp³-hybridized carbons (Fsp3) is 0.542. The third kappa shape index (κ3) is 4.64. The first-order valence-electron chi connectivity index (χ1n) is 10.5. The molecule has 0 amide bonds. The maximum Gasteiger partial charge on any atom is 0.336 e. The predicted molar refractivity (Wildman–Crippen MR) is 115 cm³/mol. The zero-order valence-electron chi connectivity index (χ0n) is 18.5. The maximum absolute atomic E-state index is 13.2. The van der Waals surface area contributed by atoms with Crippen molar-refractivity contribution in [1.29, 1.82) is 0 Å². The number of hydrogen-bond acceptors (Lipinski definition) is 6. The molecule has 0 saturated heterocycles. The topological polar surface area (TPSA) is 74.2 Å². The number of nitrogens with zero attached hydrogens (tertiary/aromatic N) is 1. The molecule has 3 rings (SSSR count). The summed E-state index contributed by atoms with van der Waals surface area (Å²) >= 11 is 0. The minimum absolute atomic E-state index is 0.124. The van der Waals surface area contributed by atoms with E-state index in [0.29, 0.717) is 30.9 Å². The summed E-state index contributed by atoms with van der Waals surface area (Å²) in [7, 11) is 1.56. The number of methoxy groups -OCH3 is 1. The summed E-state index contributed by atoms with van der Waals surface area (Å²) < 4.78 is 16.0. The van der Waals surface area contributed by atoms with Gasteiger partial charge >= 0.3 is 5.97 Å². The van der Waals surface area contributed by atoms with Crippen LogP contribution >= 0.6 is 0 Å². The second-order valence-electron chi connectivity index (χ2n) is 8.67. The Morgan fingerprint density at radius 3 is 2.47 bits per heavy atom. The average Bonchev–Trinajstić information content (AvgIpc) is 2.67. The van der Waals surface area contributed by atoms with Crippen molar-refractivity contribution in [1.82, 2.24) is 0 Å². The zero-order chi connectivity index (χ0) is 21.9. The number of carbonyl (C=O) groups excluding carboxylic acids is 2. The van der Waals surface area contributed by atoms with Crippen LogP contribution in [0.2, 0.25) is 0 Å². The van der Waals surface area contributed by atoms with E-state index in [1.54, 1.807) is 7.11 Å². The molecule has 6 nitrogen and oxygen atoms in total. The van der Waals surface area contributed by atoms with E-state index in [1.807, 2.05) is 38.1 Å². The molecule has 1 fully saturated rings. The SMILES string of the molecule is CCOc1ccc([C@H]2C(C(=O)OCCOC)=C(C)N=C3CC(C)(C)CC(=O)C32)cc1. The lowest BCUT2D eigenvalue weighted by Gasteiger charge is -2.41. The van der Waals surface area contributed by atoms with Crippen LogP contribution in [0.15, 0.2) is 40.5 Å². The van der Waals surface area contributed by atoms with Crippen LogP contribution in [0, 0.1) is 11.3 Å². The third-order valence-electron chi connectivity index (χ3n) is 5.65. The van der Waals surface area contributed by atoms with Crippen molar-refractivity contribution in [3.8, 4) is 5.75 Å². The summed E-state index contributed by atoms with van der Waals surface area (Å²) in [5.74, 6) is -0.411. The number of hydrogen-bond donors (Lipinski definition) is 0. The van der Waals surface area contributed by atoms with Crippen molar-refractivity contribution in [3.63, 3.8) is 0 Å². The van der Waals surface area contributed by atoms with E-state index in [2.05, 4.69) is 13.8 Å². The number of benzene rings is 1. The Kier molecular flexibility index (Phi) is 6.76. The molecule has 1 aromatic carbocycles. The zero-order valence-corrected chi connectivity index (χ0v) is 18.5. The number of carbonyl (C=O) groups is 2. The first-order valence-corrected chi connectivity index (χ1v) is 10.5. The van der Waals surface area contributed by atoms with Crippen LogP contribution in [0.25, 0.3) is 0 Å². The number of ether oxygens (including phenoxy) is 3. The van der Waals surface area contributed by atoms with Crippen molar-refractivity contribution in [2.24, 2.45) is 16.3 Å². The highest BCUT2D eigenvalue weighted by molar-refractivity contribution is 6.12. The number of fused-ring (bicyclic) bond motifs is 1. The molecule has 1 aliphatic carbocycles. The van der Waals surface area contributed by atoms with Gasteiger partial charge < -0.3 is 14.2 Å². The Morgan fingerprint density at radius 2 is 1.83 bits per heavy atom. The molecule has 1 aliphatic heterocycles. The molecule has 0 radical (unpaired) electrons. The van der Waals surface area contributed by atoms with Crippen LogP contribution < -0.4 is 4.74 Å². The largest absolute Gasteiger partial charge is 0.494 e. The summed E-state index contributed by atoms with van der Waals surface area (Å²) in [5.41, 5.74) is 2.69. The molecule has 1 saturated carbocycles. The van der Waals surface area contributed by atoms with Gasteiger partial charge in [-0.05, 0) is 43.4 Å². The van der Waals surface area contributed by atoms with Crippen molar-refractivity contribution < 1.29 is 23.8 Å². The van der Waals surface area contributed by atoms with Gasteiger partial charge in [-0.25, -0.2) is 4.79 Å². The first kappa shape index (κ1) is 22.2. The van der Waals surface area contributed by atoms with E-state index in [0.717, 1.165) is 23.4 Å². The van der Waals surface area contributed by atoms with Gasteiger partial charge in [0.15, 0.2) is 0 Å². The summed E-state index contributed by atoms with van der Waals surface area (Å²) in [5, 5.41) is 0. The Labute approximate surface area is 178 Å². The lowest BCUT2D eigenvalue weighted by molar-refractivity contribution is -0.140. The molecule has 2 atom stereocenters. The van der Waals surface area contributed by atoms with Crippen LogP contribution in [-0.2, 0) is 19.1 Å². The molecule has 6 heteroatoms. The highest BCUT2D eigenvalue weighted by Crippen LogP contribution is 2.47. The number of allylic oxidation sites excluding steroid dienone is 1. The molecule has 1 heterocycles. The van der Waals surface area contributed by atoms with Crippen LogP contribution in [-0.4, -0.2) is 44.4 Å². The van der Waals surface area contributed by atoms with Crippen LogP contribution in [0.3, 0.4) is 0 Å². The smallest absolute Gasteiger partial charge is 0.336 e. The summed E-state index contributed by atoms with van der Waals surface area (Å²) in [4.78, 5) is 31.0. The lowest BCUT2D eigenvalue weighted by atomic mass is 9.63. The normalized spacial score (nSPS) is 23.0. The van der Waals surface area contributed by atoms with Crippen LogP contribution in [0.5, 0.6) is 5.75 Å². The Hall–Kier alpha value is -2.47. The molecule has 0 spiro atoms. The molecule has 0 bridgehead atoms. The Morgan fingerprint density at radius 1 is 1.13 bits per heavy atom. The number of rotatable bonds is 7. The van der Waals surface area contributed by atoms with E-state index in [-0.39, 0.29) is 17.8 Å². The second-order valence-corrected chi connectivity index (χ2v) is 8.67. The Balaban J connectivity index is 2.04. The van der Waals surface area contributed by atoms with E-state index in [9.17, 15) is 9.59 Å². The molecule has 1 unspecified atom stereocenters. The van der Waals surface area contributed by atoms with Gasteiger partial charge in [-0.1, -0.05) is 26.0 Å². The Bertz CT molecular complexity index is 866. The minimum atomic E-state index is -0.441. The highest BCUT2D eigenvalue weighted by atomic mass is 16.6. The molecule has 162 valence electrons. The van der Waals surface area contributed by atoms with E-state index in [4.69, 9.17) is 19.2 Å². The molecular formula is C24H31NO5. The number of aliphatic imine (C=N–C) groups is 1. The standard InChI is InChI=1S/C24H31NO5/c1-6-29-17-9-7-16(8-10-17)21-20(23(27)30-12-11-28-5)15(2)25-18-13-24(3,4)14-19(26)22(18)21/h7-10,21-22H,6,11-14H2,1-5H3/t21-,22?/m0/s1. The molecular weight excluding hydrogens is 382 g/mol. The van der Waals surface area contributed by atoms with Crippen molar-refractivity contribution >= 4 is 17.5 Å². The van der Waals surface area contributed by atoms with Crippen LogP contribution in [0.4, 0.5) is 0 Å². The average molecular weight is 414 g/mol. The molecule has 0 aromatic heterocycles. The van der Waals surface area contributed by atoms with E-state index >= 15 is 0 Å². The van der Waals surface area contributed by atoms with Gasteiger partial charge in [-0.2, -0.15) is 0 Å². The predicted octanol–water partition coefficient (Wildman–Crippen LogP) is 4.09. The lowest BCUT2D eigenvalue weighted by Crippen LogP contribution is -2.44.